The molecule has 0 radical (unpaired) electrons. The molecule has 11 heteroatoms. The molecule has 2 amide bonds. The van der Waals surface area contributed by atoms with Gasteiger partial charge in [-0.15, -0.1) is 0 Å². The largest absolute Gasteiger partial charge is 0.497 e. The topological polar surface area (TPSA) is 114 Å². The number of benzene rings is 2. The lowest BCUT2D eigenvalue weighted by Gasteiger charge is -2.34. The second kappa shape index (κ2) is 12.9. The monoisotopic (exact) mass is 549 g/mol. The number of hydrogen-bond acceptors (Lipinski definition) is 7. The molecule has 1 unspecified atom stereocenters. The van der Waals surface area contributed by atoms with Crippen LogP contribution in [0.5, 0.6) is 17.2 Å². The van der Waals surface area contributed by atoms with Crippen LogP contribution in [-0.4, -0.2) is 70.8 Å². The highest BCUT2D eigenvalue weighted by atomic mass is 32.2. The highest BCUT2D eigenvalue weighted by Crippen LogP contribution is 2.32. The van der Waals surface area contributed by atoms with E-state index in [1.54, 1.807) is 38.3 Å². The number of amides is 2. The number of sulfonamides is 1. The van der Waals surface area contributed by atoms with Crippen molar-refractivity contribution in [1.82, 2.24) is 10.2 Å². The van der Waals surface area contributed by atoms with Crippen LogP contribution in [0.1, 0.15) is 39.7 Å². The third-order valence-corrected chi connectivity index (χ3v) is 6.85. The molecule has 38 heavy (non-hydrogen) atoms. The van der Waals surface area contributed by atoms with E-state index in [1.165, 1.54) is 31.3 Å². The zero-order chi connectivity index (χ0) is 28.7. The van der Waals surface area contributed by atoms with Crippen molar-refractivity contribution >= 4 is 27.5 Å². The summed E-state index contributed by atoms with van der Waals surface area (Å²) in [5.41, 5.74) is 0.442. The van der Waals surface area contributed by atoms with Gasteiger partial charge in [0.05, 0.1) is 33.3 Å². The Balaban J connectivity index is 2.52. The summed E-state index contributed by atoms with van der Waals surface area (Å²) in [7, 11) is 0.564. The van der Waals surface area contributed by atoms with Crippen LogP contribution in [0.25, 0.3) is 0 Å². The van der Waals surface area contributed by atoms with E-state index in [-0.39, 0.29) is 18.1 Å². The van der Waals surface area contributed by atoms with Crippen LogP contribution < -0.4 is 23.8 Å². The first-order valence-electron chi connectivity index (χ1n) is 12.2. The molecular weight excluding hydrogens is 510 g/mol. The number of carbonyl (C=O) groups is 2. The zero-order valence-electron chi connectivity index (χ0n) is 23.4. The predicted octanol–water partition coefficient (Wildman–Crippen LogP) is 3.20. The molecule has 0 aliphatic rings. The average Bonchev–Trinajstić information content (AvgIpc) is 2.84. The first-order chi connectivity index (χ1) is 17.7. The molecule has 0 heterocycles. The fraction of sp³-hybridized carbons (Fsp3) is 0.481. The fourth-order valence-corrected chi connectivity index (χ4v) is 4.78. The van der Waals surface area contributed by atoms with Crippen molar-refractivity contribution < 1.29 is 32.2 Å². The van der Waals surface area contributed by atoms with Crippen LogP contribution in [0.3, 0.4) is 0 Å². The number of carbonyl (C=O) groups excluding carboxylic acids is 2. The Morgan fingerprint density at radius 3 is 2.16 bits per heavy atom. The lowest BCUT2D eigenvalue weighted by Crippen LogP contribution is -2.55. The number of methoxy groups -OCH3 is 3. The van der Waals surface area contributed by atoms with Gasteiger partial charge in [0.1, 0.15) is 18.3 Å². The van der Waals surface area contributed by atoms with Gasteiger partial charge in [-0.1, -0.05) is 19.1 Å². The second-order valence-electron chi connectivity index (χ2n) is 9.85. The summed E-state index contributed by atoms with van der Waals surface area (Å²) in [6.45, 7) is 6.94. The van der Waals surface area contributed by atoms with Crippen molar-refractivity contribution in [1.29, 1.82) is 0 Å². The fourth-order valence-electron chi connectivity index (χ4n) is 3.93. The number of ether oxygens (including phenoxy) is 3. The van der Waals surface area contributed by atoms with E-state index in [4.69, 9.17) is 14.2 Å². The average molecular weight is 550 g/mol. The normalized spacial score (nSPS) is 12.3. The molecule has 0 aliphatic heterocycles. The quantitative estimate of drug-likeness (QED) is 0.432. The molecule has 1 N–H and O–H groups in total. The van der Waals surface area contributed by atoms with Gasteiger partial charge >= 0.3 is 0 Å². The third kappa shape index (κ3) is 8.27. The Hall–Kier alpha value is -3.47. The molecule has 0 aromatic heterocycles. The van der Waals surface area contributed by atoms with E-state index in [0.29, 0.717) is 23.7 Å². The summed E-state index contributed by atoms with van der Waals surface area (Å²) in [5, 5.41) is 2.94. The van der Waals surface area contributed by atoms with Crippen LogP contribution in [0.2, 0.25) is 0 Å². The van der Waals surface area contributed by atoms with Crippen molar-refractivity contribution in [3.8, 4) is 17.2 Å². The predicted molar refractivity (Wildman–Crippen MR) is 147 cm³/mol. The maximum absolute atomic E-state index is 13.8. The van der Waals surface area contributed by atoms with Crippen LogP contribution in [0, 0.1) is 0 Å². The number of hydrogen-bond donors (Lipinski definition) is 1. The molecule has 0 spiro atoms. The van der Waals surface area contributed by atoms with Crippen LogP contribution in [0.4, 0.5) is 5.69 Å². The van der Waals surface area contributed by atoms with E-state index in [9.17, 15) is 18.0 Å². The van der Waals surface area contributed by atoms with Gasteiger partial charge in [-0.3, -0.25) is 13.9 Å². The van der Waals surface area contributed by atoms with Crippen molar-refractivity contribution in [2.45, 2.75) is 52.2 Å². The van der Waals surface area contributed by atoms with Crippen molar-refractivity contribution in [2.75, 3.05) is 38.4 Å². The van der Waals surface area contributed by atoms with Crippen molar-refractivity contribution in [3.05, 3.63) is 48.0 Å². The van der Waals surface area contributed by atoms with E-state index in [0.717, 1.165) is 16.1 Å². The maximum atomic E-state index is 13.8. The summed E-state index contributed by atoms with van der Waals surface area (Å²) in [4.78, 5) is 28.5. The minimum absolute atomic E-state index is 0.0790. The molecule has 1 atom stereocenters. The molecule has 2 aromatic rings. The van der Waals surface area contributed by atoms with E-state index in [2.05, 4.69) is 5.32 Å². The van der Waals surface area contributed by atoms with Crippen LogP contribution in [-0.2, 0) is 26.2 Å². The lowest BCUT2D eigenvalue weighted by molar-refractivity contribution is -0.141. The SMILES string of the molecule is CCC(C(=O)NC(C)(C)C)N(Cc1cccc(OC)c1)C(=O)CN(c1ccc(OC)c(OC)c1)S(C)(=O)=O. The Kier molecular flexibility index (Phi) is 10.4. The highest BCUT2D eigenvalue weighted by molar-refractivity contribution is 7.92. The Bertz CT molecular complexity index is 1230. The highest BCUT2D eigenvalue weighted by Gasteiger charge is 2.33. The standard InChI is InChI=1S/C27H39N3O7S/c1-9-22(26(32)28-27(2,3)4)29(17-19-11-10-12-21(15-19)35-5)25(31)18-30(38(8,33)34)20-13-14-23(36-6)24(16-20)37-7/h10-16,22H,9,17-18H2,1-8H3,(H,28,32). The summed E-state index contributed by atoms with van der Waals surface area (Å²) in [5.74, 6) is 0.471. The summed E-state index contributed by atoms with van der Waals surface area (Å²) >= 11 is 0. The third-order valence-electron chi connectivity index (χ3n) is 5.71. The Morgan fingerprint density at radius 2 is 1.63 bits per heavy atom. The molecule has 0 aliphatic carbocycles. The smallest absolute Gasteiger partial charge is 0.244 e. The molecule has 0 saturated carbocycles. The first-order valence-corrected chi connectivity index (χ1v) is 14.0. The summed E-state index contributed by atoms with van der Waals surface area (Å²) < 4.78 is 42.5. The number of nitrogens with zero attached hydrogens (tertiary/aromatic N) is 2. The molecule has 210 valence electrons. The van der Waals surface area contributed by atoms with E-state index in [1.807, 2.05) is 26.8 Å². The van der Waals surface area contributed by atoms with Gasteiger partial charge in [0.25, 0.3) is 0 Å². The molecule has 0 fully saturated rings. The van der Waals surface area contributed by atoms with E-state index < -0.39 is 34.1 Å². The Labute approximate surface area is 225 Å². The van der Waals surface area contributed by atoms with Crippen molar-refractivity contribution in [2.24, 2.45) is 0 Å². The lowest BCUT2D eigenvalue weighted by atomic mass is 10.1. The Morgan fingerprint density at radius 1 is 0.974 bits per heavy atom. The summed E-state index contributed by atoms with van der Waals surface area (Å²) in [6.07, 6.45) is 1.35. The van der Waals surface area contributed by atoms with Gasteiger partial charge in [-0.05, 0) is 57.0 Å². The van der Waals surface area contributed by atoms with Gasteiger partial charge in [-0.2, -0.15) is 0 Å². The minimum atomic E-state index is -3.89. The summed E-state index contributed by atoms with van der Waals surface area (Å²) in [6, 6.07) is 10.9. The number of rotatable bonds is 12. The minimum Gasteiger partial charge on any atom is -0.497 e. The van der Waals surface area contributed by atoms with Crippen LogP contribution >= 0.6 is 0 Å². The molecular formula is C27H39N3O7S. The number of anilines is 1. The molecule has 0 bridgehead atoms. The first kappa shape index (κ1) is 30.8. The second-order valence-corrected chi connectivity index (χ2v) is 11.8. The maximum Gasteiger partial charge on any atom is 0.244 e. The zero-order valence-corrected chi connectivity index (χ0v) is 24.2. The van der Waals surface area contributed by atoms with Gasteiger partial charge in [-0.25, -0.2) is 8.42 Å². The van der Waals surface area contributed by atoms with Gasteiger partial charge in [0.15, 0.2) is 11.5 Å². The molecule has 0 saturated heterocycles. The van der Waals surface area contributed by atoms with E-state index >= 15 is 0 Å². The van der Waals surface area contributed by atoms with Crippen LogP contribution in [0.15, 0.2) is 42.5 Å². The molecule has 2 aromatic carbocycles. The van der Waals surface area contributed by atoms with Gasteiger partial charge in [0.2, 0.25) is 21.8 Å². The van der Waals surface area contributed by atoms with Gasteiger partial charge < -0.3 is 24.4 Å². The van der Waals surface area contributed by atoms with Gasteiger partial charge in [0, 0.05) is 18.2 Å². The molecule has 10 nitrogen and oxygen atoms in total. The van der Waals surface area contributed by atoms with Crippen molar-refractivity contribution in [3.63, 3.8) is 0 Å². The number of nitrogens with one attached hydrogen (secondary N) is 1. The molecule has 2 rings (SSSR count).